The minimum Gasteiger partial charge on any atom is -0.507 e. The van der Waals surface area contributed by atoms with E-state index in [0.717, 1.165) is 16.7 Å². The van der Waals surface area contributed by atoms with Gasteiger partial charge in [-0.25, -0.2) is 0 Å². The van der Waals surface area contributed by atoms with Gasteiger partial charge in [0.25, 0.3) is 0 Å². The van der Waals surface area contributed by atoms with E-state index in [4.69, 9.17) is 0 Å². The SMILES string of the molecule is Cc1cccc2c1C(c1cc(O)c3ccccc3c1O)c1ccccc1C2=O. The first-order valence-corrected chi connectivity index (χ1v) is 9.24. The lowest BCUT2D eigenvalue weighted by atomic mass is 9.72. The van der Waals surface area contributed by atoms with Crippen molar-refractivity contribution in [2.75, 3.05) is 0 Å². The van der Waals surface area contributed by atoms with Gasteiger partial charge in [0, 0.05) is 33.4 Å². The Morgan fingerprint density at radius 3 is 2.25 bits per heavy atom. The van der Waals surface area contributed by atoms with Gasteiger partial charge in [-0.1, -0.05) is 66.7 Å². The molecule has 0 radical (unpaired) electrons. The van der Waals surface area contributed by atoms with E-state index in [2.05, 4.69) is 0 Å². The van der Waals surface area contributed by atoms with Gasteiger partial charge >= 0.3 is 0 Å². The van der Waals surface area contributed by atoms with E-state index >= 15 is 0 Å². The Labute approximate surface area is 162 Å². The summed E-state index contributed by atoms with van der Waals surface area (Å²) >= 11 is 0. The predicted molar refractivity (Wildman–Crippen MR) is 109 cm³/mol. The number of fused-ring (bicyclic) bond motifs is 3. The van der Waals surface area contributed by atoms with Crippen molar-refractivity contribution in [3.8, 4) is 11.5 Å². The zero-order valence-corrected chi connectivity index (χ0v) is 15.3. The van der Waals surface area contributed by atoms with Crippen molar-refractivity contribution in [3.05, 3.63) is 106 Å². The number of hydrogen-bond donors (Lipinski definition) is 2. The van der Waals surface area contributed by atoms with Crippen molar-refractivity contribution in [2.45, 2.75) is 12.8 Å². The summed E-state index contributed by atoms with van der Waals surface area (Å²) < 4.78 is 0. The number of carbonyl (C=O) groups is 1. The fourth-order valence-electron chi connectivity index (χ4n) is 4.42. The van der Waals surface area contributed by atoms with Crippen LogP contribution in [0.5, 0.6) is 11.5 Å². The maximum absolute atomic E-state index is 13.1. The third-order valence-electron chi connectivity index (χ3n) is 5.71. The highest BCUT2D eigenvalue weighted by molar-refractivity contribution is 6.13. The molecule has 1 unspecified atom stereocenters. The van der Waals surface area contributed by atoms with E-state index < -0.39 is 0 Å². The summed E-state index contributed by atoms with van der Waals surface area (Å²) in [7, 11) is 0. The maximum atomic E-state index is 13.1. The van der Waals surface area contributed by atoms with Gasteiger partial charge in [0.1, 0.15) is 11.5 Å². The number of benzene rings is 4. The molecule has 2 N–H and O–H groups in total. The lowest BCUT2D eigenvalue weighted by Crippen LogP contribution is -2.21. The molecule has 28 heavy (non-hydrogen) atoms. The second-order valence-corrected chi connectivity index (χ2v) is 7.26. The molecule has 0 bridgehead atoms. The summed E-state index contributed by atoms with van der Waals surface area (Å²) in [6, 6.07) is 22.1. The third kappa shape index (κ3) is 2.20. The molecule has 5 rings (SSSR count). The monoisotopic (exact) mass is 366 g/mol. The molecule has 0 fully saturated rings. The van der Waals surface area contributed by atoms with Gasteiger partial charge in [-0.05, 0) is 29.7 Å². The van der Waals surface area contributed by atoms with E-state index in [0.29, 0.717) is 27.5 Å². The number of aromatic hydroxyl groups is 2. The summed E-state index contributed by atoms with van der Waals surface area (Å²) in [6.07, 6.45) is 0. The van der Waals surface area contributed by atoms with Crippen LogP contribution >= 0.6 is 0 Å². The molecule has 0 saturated heterocycles. The summed E-state index contributed by atoms with van der Waals surface area (Å²) in [5, 5.41) is 23.0. The molecule has 3 nitrogen and oxygen atoms in total. The van der Waals surface area contributed by atoms with Crippen molar-refractivity contribution in [3.63, 3.8) is 0 Å². The largest absolute Gasteiger partial charge is 0.507 e. The molecule has 0 aliphatic heterocycles. The second-order valence-electron chi connectivity index (χ2n) is 7.26. The molecule has 0 heterocycles. The first-order valence-electron chi connectivity index (χ1n) is 9.24. The smallest absolute Gasteiger partial charge is 0.193 e. The summed E-state index contributed by atoms with van der Waals surface area (Å²) in [4.78, 5) is 13.1. The van der Waals surface area contributed by atoms with Gasteiger partial charge in [0.05, 0.1) is 0 Å². The summed E-state index contributed by atoms with van der Waals surface area (Å²) in [5.41, 5.74) is 4.60. The Kier molecular flexibility index (Phi) is 3.53. The Morgan fingerprint density at radius 2 is 1.43 bits per heavy atom. The minimum atomic E-state index is -0.333. The second kappa shape index (κ2) is 5.96. The van der Waals surface area contributed by atoms with Crippen LogP contribution in [0.1, 0.15) is 44.1 Å². The first kappa shape index (κ1) is 16.6. The van der Waals surface area contributed by atoms with E-state index in [9.17, 15) is 15.0 Å². The van der Waals surface area contributed by atoms with Gasteiger partial charge < -0.3 is 10.2 Å². The fraction of sp³-hybridized carbons (Fsp3) is 0.0800. The van der Waals surface area contributed by atoms with Crippen LogP contribution in [0.3, 0.4) is 0 Å². The quantitative estimate of drug-likeness (QED) is 0.397. The molecule has 1 atom stereocenters. The lowest BCUT2D eigenvalue weighted by Gasteiger charge is -2.30. The standard InChI is InChI=1S/C25H18O3/c1-14-7-6-12-19-22(14)23(16-9-3-5-11-18(16)24(19)27)20-13-21(26)15-8-2-4-10-17(15)25(20)28/h2-13,23,26,28H,1H3. The van der Waals surface area contributed by atoms with Crippen molar-refractivity contribution < 1.29 is 15.0 Å². The number of rotatable bonds is 1. The van der Waals surface area contributed by atoms with Crippen molar-refractivity contribution >= 4 is 16.6 Å². The average Bonchev–Trinajstić information content (AvgIpc) is 2.72. The fourth-order valence-corrected chi connectivity index (χ4v) is 4.42. The summed E-state index contributed by atoms with van der Waals surface area (Å²) in [6.45, 7) is 1.98. The number of carbonyl (C=O) groups excluding carboxylic acids is 1. The van der Waals surface area contributed by atoms with E-state index in [1.807, 2.05) is 61.5 Å². The van der Waals surface area contributed by atoms with Gasteiger partial charge in [-0.3, -0.25) is 4.79 Å². The maximum Gasteiger partial charge on any atom is 0.193 e. The molecular formula is C25H18O3. The predicted octanol–water partition coefficient (Wildman–Crippen LogP) is 5.28. The number of phenols is 2. The highest BCUT2D eigenvalue weighted by Crippen LogP contribution is 2.48. The molecule has 3 heteroatoms. The Bertz CT molecular complexity index is 1270. The third-order valence-corrected chi connectivity index (χ3v) is 5.71. The van der Waals surface area contributed by atoms with Crippen LogP contribution in [0, 0.1) is 6.92 Å². The van der Waals surface area contributed by atoms with Crippen molar-refractivity contribution in [1.29, 1.82) is 0 Å². The van der Waals surface area contributed by atoms with Crippen LogP contribution in [0.2, 0.25) is 0 Å². The molecule has 1 aliphatic rings. The molecule has 1 aliphatic carbocycles. The molecule has 0 spiro atoms. The highest BCUT2D eigenvalue weighted by atomic mass is 16.3. The topological polar surface area (TPSA) is 57.5 Å². The number of phenolic OH excluding ortho intramolecular Hbond substituents is 2. The molecule has 0 amide bonds. The lowest BCUT2D eigenvalue weighted by molar-refractivity contribution is 0.103. The number of hydrogen-bond acceptors (Lipinski definition) is 3. The van der Waals surface area contributed by atoms with E-state index in [1.54, 1.807) is 18.2 Å². The van der Waals surface area contributed by atoms with Crippen LogP contribution in [-0.4, -0.2) is 16.0 Å². The van der Waals surface area contributed by atoms with E-state index in [-0.39, 0.29) is 23.2 Å². The van der Waals surface area contributed by atoms with Crippen LogP contribution < -0.4 is 0 Å². The van der Waals surface area contributed by atoms with Gasteiger partial charge in [-0.15, -0.1) is 0 Å². The molecule has 0 aromatic heterocycles. The van der Waals surface area contributed by atoms with Crippen LogP contribution in [0.15, 0.2) is 72.8 Å². The van der Waals surface area contributed by atoms with Crippen LogP contribution in [-0.2, 0) is 0 Å². The number of aryl methyl sites for hydroxylation is 1. The Balaban J connectivity index is 1.90. The van der Waals surface area contributed by atoms with Gasteiger partial charge in [0.2, 0.25) is 0 Å². The molecule has 4 aromatic rings. The minimum absolute atomic E-state index is 0.00458. The normalized spacial score (nSPS) is 15.3. The van der Waals surface area contributed by atoms with Crippen molar-refractivity contribution in [2.24, 2.45) is 0 Å². The Morgan fingerprint density at radius 1 is 0.750 bits per heavy atom. The molecule has 4 aromatic carbocycles. The average molecular weight is 366 g/mol. The molecular weight excluding hydrogens is 348 g/mol. The number of ketones is 1. The van der Waals surface area contributed by atoms with Gasteiger partial charge in [0.15, 0.2) is 5.78 Å². The zero-order valence-electron chi connectivity index (χ0n) is 15.3. The first-order chi connectivity index (χ1) is 13.6. The highest BCUT2D eigenvalue weighted by Gasteiger charge is 2.34. The van der Waals surface area contributed by atoms with Crippen molar-refractivity contribution in [1.82, 2.24) is 0 Å². The molecule has 0 saturated carbocycles. The Hall–Kier alpha value is -3.59. The van der Waals surface area contributed by atoms with Crippen LogP contribution in [0.25, 0.3) is 10.8 Å². The van der Waals surface area contributed by atoms with Crippen LogP contribution in [0.4, 0.5) is 0 Å². The molecule has 136 valence electrons. The van der Waals surface area contributed by atoms with Gasteiger partial charge in [-0.2, -0.15) is 0 Å². The van der Waals surface area contributed by atoms with E-state index in [1.165, 1.54) is 0 Å². The summed E-state index contributed by atoms with van der Waals surface area (Å²) in [5.74, 6) is -0.0830. The zero-order chi connectivity index (χ0) is 19.4.